The van der Waals surface area contributed by atoms with Gasteiger partial charge < -0.3 is 20.1 Å². The molecular weight excluding hydrogens is 445 g/mol. The Morgan fingerprint density at radius 3 is 2.83 bits per heavy atom. The molecule has 0 amide bonds. The van der Waals surface area contributed by atoms with Gasteiger partial charge in [-0.1, -0.05) is 0 Å². The number of ether oxygens (including phenoxy) is 2. The second-order valence-corrected chi connectivity index (χ2v) is 8.39. The molecule has 2 fully saturated rings. The van der Waals surface area contributed by atoms with Crippen LogP contribution in [-0.4, -0.2) is 71.4 Å². The fraction of sp³-hybridized carbons (Fsp3) is 0.933. The Bertz CT molecular complexity index is 481. The van der Waals surface area contributed by atoms with Crippen LogP contribution in [0.4, 0.5) is 0 Å². The van der Waals surface area contributed by atoms with Gasteiger partial charge in [-0.15, -0.1) is 24.0 Å². The van der Waals surface area contributed by atoms with Crippen molar-refractivity contribution in [3.8, 4) is 0 Å². The van der Waals surface area contributed by atoms with Gasteiger partial charge in [-0.3, -0.25) is 4.99 Å². The Labute approximate surface area is 162 Å². The number of rotatable bonds is 8. The molecule has 0 bridgehead atoms. The Morgan fingerprint density at radius 2 is 2.21 bits per heavy atom. The maximum absolute atomic E-state index is 11.5. The van der Waals surface area contributed by atoms with Gasteiger partial charge in [0.15, 0.2) is 15.8 Å². The lowest BCUT2D eigenvalue weighted by atomic mass is 10.1. The van der Waals surface area contributed by atoms with Crippen LogP contribution in [0.1, 0.15) is 26.2 Å². The predicted octanol–water partition coefficient (Wildman–Crippen LogP) is 0.790. The van der Waals surface area contributed by atoms with Crippen molar-refractivity contribution in [1.29, 1.82) is 0 Å². The van der Waals surface area contributed by atoms with Crippen LogP contribution < -0.4 is 10.6 Å². The highest BCUT2D eigenvalue weighted by Crippen LogP contribution is 2.12. The third-order valence-electron chi connectivity index (χ3n) is 4.01. The topological polar surface area (TPSA) is 89.0 Å². The number of hydrogen-bond acceptors (Lipinski definition) is 5. The number of nitrogens with zero attached hydrogens (tertiary/aromatic N) is 1. The minimum atomic E-state index is -2.87. The summed E-state index contributed by atoms with van der Waals surface area (Å²) in [5.41, 5.74) is 0. The average Bonchev–Trinajstić information content (AvgIpc) is 3.12. The number of halogens is 1. The molecule has 9 heteroatoms. The van der Waals surface area contributed by atoms with Gasteiger partial charge >= 0.3 is 0 Å². The molecule has 2 rings (SSSR count). The minimum Gasteiger partial charge on any atom is -0.381 e. The van der Waals surface area contributed by atoms with Crippen LogP contribution in [0.2, 0.25) is 0 Å². The van der Waals surface area contributed by atoms with Crippen LogP contribution >= 0.6 is 24.0 Å². The monoisotopic (exact) mass is 475 g/mol. The van der Waals surface area contributed by atoms with E-state index in [4.69, 9.17) is 9.47 Å². The summed E-state index contributed by atoms with van der Waals surface area (Å²) in [5.74, 6) is 1.70. The van der Waals surface area contributed by atoms with Gasteiger partial charge in [0.1, 0.15) is 0 Å². The van der Waals surface area contributed by atoms with Crippen molar-refractivity contribution in [3.63, 3.8) is 0 Å². The van der Waals surface area contributed by atoms with Gasteiger partial charge in [0.2, 0.25) is 0 Å². The highest BCUT2D eigenvalue weighted by molar-refractivity contribution is 14.0. The minimum absolute atomic E-state index is 0. The third kappa shape index (κ3) is 8.30. The first-order valence-corrected chi connectivity index (χ1v) is 10.3. The van der Waals surface area contributed by atoms with Crippen molar-refractivity contribution in [1.82, 2.24) is 10.6 Å². The number of sulfone groups is 1. The van der Waals surface area contributed by atoms with Crippen LogP contribution in [-0.2, 0) is 19.3 Å². The van der Waals surface area contributed by atoms with Crippen molar-refractivity contribution >= 4 is 39.8 Å². The van der Waals surface area contributed by atoms with E-state index in [1.165, 1.54) is 0 Å². The van der Waals surface area contributed by atoms with Gasteiger partial charge in [0.25, 0.3) is 0 Å². The molecule has 2 aliphatic heterocycles. The smallest absolute Gasteiger partial charge is 0.191 e. The summed E-state index contributed by atoms with van der Waals surface area (Å²) in [5, 5.41) is 6.37. The molecule has 2 N–H and O–H groups in total. The summed E-state index contributed by atoms with van der Waals surface area (Å²) >= 11 is 0. The zero-order chi connectivity index (χ0) is 16.5. The lowest BCUT2D eigenvalue weighted by molar-refractivity contribution is 0.0893. The van der Waals surface area contributed by atoms with Crippen molar-refractivity contribution in [2.45, 2.75) is 32.2 Å². The van der Waals surface area contributed by atoms with E-state index in [9.17, 15) is 8.42 Å². The largest absolute Gasteiger partial charge is 0.381 e. The fourth-order valence-electron chi connectivity index (χ4n) is 2.74. The summed E-state index contributed by atoms with van der Waals surface area (Å²) in [4.78, 5) is 4.49. The van der Waals surface area contributed by atoms with Gasteiger partial charge in [-0.05, 0) is 26.2 Å². The lowest BCUT2D eigenvalue weighted by Gasteiger charge is -2.15. The summed E-state index contributed by atoms with van der Waals surface area (Å²) in [7, 11) is -2.87. The molecule has 2 unspecified atom stereocenters. The molecule has 2 atom stereocenters. The number of guanidine groups is 1. The first-order valence-electron chi connectivity index (χ1n) is 8.50. The first-order chi connectivity index (χ1) is 11.1. The number of nitrogens with one attached hydrogen (secondary N) is 2. The highest BCUT2D eigenvalue weighted by Gasteiger charge is 2.28. The molecule has 0 spiro atoms. The number of aliphatic imine (C=N–C) groups is 1. The standard InChI is InChI=1S/C15H29N3O4S.HI/c1-2-16-15(18-14-5-9-23(19,20)12-14)17-6-3-7-21-10-13-4-8-22-11-13;/h13-14H,2-12H2,1H3,(H2,16,17,18);1H. The molecule has 2 saturated heterocycles. The normalized spacial score (nSPS) is 26.1. The van der Waals surface area contributed by atoms with Crippen LogP contribution in [0.25, 0.3) is 0 Å². The van der Waals surface area contributed by atoms with E-state index in [0.29, 0.717) is 31.4 Å². The van der Waals surface area contributed by atoms with E-state index in [2.05, 4.69) is 15.6 Å². The van der Waals surface area contributed by atoms with E-state index in [1.807, 2.05) is 6.92 Å². The molecular formula is C15H30IN3O4S. The van der Waals surface area contributed by atoms with Gasteiger partial charge in [0.05, 0.1) is 24.7 Å². The van der Waals surface area contributed by atoms with Gasteiger partial charge in [-0.25, -0.2) is 8.42 Å². The molecule has 7 nitrogen and oxygen atoms in total. The van der Waals surface area contributed by atoms with E-state index in [1.54, 1.807) is 0 Å². The molecule has 0 aromatic heterocycles. The van der Waals surface area contributed by atoms with E-state index in [0.717, 1.165) is 39.2 Å². The predicted molar refractivity (Wildman–Crippen MR) is 106 cm³/mol. The molecule has 0 aromatic carbocycles. The maximum atomic E-state index is 11.5. The average molecular weight is 475 g/mol. The Kier molecular flexibility index (Phi) is 10.5. The summed E-state index contributed by atoms with van der Waals surface area (Å²) in [6.07, 6.45) is 2.60. The molecule has 2 heterocycles. The Balaban J connectivity index is 0.00000288. The van der Waals surface area contributed by atoms with Crippen molar-refractivity contribution in [2.75, 3.05) is 51.0 Å². The molecule has 142 valence electrons. The zero-order valence-corrected chi connectivity index (χ0v) is 17.5. The Hall–Kier alpha value is -0.130. The zero-order valence-electron chi connectivity index (χ0n) is 14.3. The van der Waals surface area contributed by atoms with E-state index < -0.39 is 9.84 Å². The quantitative estimate of drug-likeness (QED) is 0.234. The highest BCUT2D eigenvalue weighted by atomic mass is 127. The van der Waals surface area contributed by atoms with E-state index in [-0.39, 0.29) is 41.5 Å². The molecule has 0 radical (unpaired) electrons. The van der Waals surface area contributed by atoms with Crippen LogP contribution in [0, 0.1) is 5.92 Å². The van der Waals surface area contributed by atoms with Crippen molar-refractivity contribution < 1.29 is 17.9 Å². The van der Waals surface area contributed by atoms with Crippen molar-refractivity contribution in [3.05, 3.63) is 0 Å². The maximum Gasteiger partial charge on any atom is 0.191 e. The molecule has 0 aliphatic carbocycles. The fourth-order valence-corrected chi connectivity index (χ4v) is 4.42. The van der Waals surface area contributed by atoms with Crippen LogP contribution in [0.3, 0.4) is 0 Å². The molecule has 0 aromatic rings. The Morgan fingerprint density at radius 1 is 1.38 bits per heavy atom. The lowest BCUT2D eigenvalue weighted by Crippen LogP contribution is -2.44. The second-order valence-electron chi connectivity index (χ2n) is 6.16. The molecule has 24 heavy (non-hydrogen) atoms. The van der Waals surface area contributed by atoms with Gasteiger partial charge in [-0.2, -0.15) is 0 Å². The van der Waals surface area contributed by atoms with E-state index >= 15 is 0 Å². The van der Waals surface area contributed by atoms with Crippen LogP contribution in [0.5, 0.6) is 0 Å². The molecule has 2 aliphatic rings. The van der Waals surface area contributed by atoms with Gasteiger partial charge in [0, 0.05) is 38.3 Å². The van der Waals surface area contributed by atoms with Crippen molar-refractivity contribution in [2.24, 2.45) is 10.9 Å². The van der Waals surface area contributed by atoms with Crippen LogP contribution in [0.15, 0.2) is 4.99 Å². The third-order valence-corrected chi connectivity index (χ3v) is 5.78. The molecule has 0 saturated carbocycles. The SMILES string of the molecule is CCNC(=NCCCOCC1CCOC1)NC1CCS(=O)(=O)C1.I. The second kappa shape index (κ2) is 11.5. The summed E-state index contributed by atoms with van der Waals surface area (Å²) in [6, 6.07) is -0.0311. The first kappa shape index (κ1) is 21.9. The summed E-state index contributed by atoms with van der Waals surface area (Å²) < 4.78 is 34.0. The summed E-state index contributed by atoms with van der Waals surface area (Å²) in [6.45, 7) is 6.54. The number of hydrogen-bond donors (Lipinski definition) is 2.